The van der Waals surface area contributed by atoms with E-state index in [-0.39, 0.29) is 5.91 Å². The van der Waals surface area contributed by atoms with Gasteiger partial charge in [-0.05, 0) is 42.5 Å². The zero-order chi connectivity index (χ0) is 13.8. The van der Waals surface area contributed by atoms with Crippen LogP contribution in [-0.4, -0.2) is 24.4 Å². The van der Waals surface area contributed by atoms with Crippen molar-refractivity contribution in [1.29, 1.82) is 0 Å². The first kappa shape index (κ1) is 14.2. The highest BCUT2D eigenvalue weighted by atomic mass is 32.1. The smallest absolute Gasteiger partial charge is 0.253 e. The third-order valence-electron chi connectivity index (χ3n) is 3.07. The highest BCUT2D eigenvalue weighted by molar-refractivity contribution is 7.80. The van der Waals surface area contributed by atoms with E-state index in [4.69, 9.17) is 0 Å². The lowest BCUT2D eigenvalue weighted by atomic mass is 10.1. The number of carbonyl (C=O) groups excluding carboxylic acids is 1. The van der Waals surface area contributed by atoms with Crippen molar-refractivity contribution >= 4 is 29.9 Å². The maximum absolute atomic E-state index is 12.4. The van der Waals surface area contributed by atoms with Crippen LogP contribution in [0.5, 0.6) is 0 Å². The molecule has 0 atom stereocenters. The van der Waals surface area contributed by atoms with Gasteiger partial charge in [-0.15, -0.1) is 24.0 Å². The Bertz CT molecular complexity index is 564. The topological polar surface area (TPSA) is 20.3 Å². The molecule has 0 bridgehead atoms. The number of benzene rings is 1. The average Bonchev–Trinajstić information content (AvgIpc) is 2.91. The lowest BCUT2D eigenvalue weighted by Gasteiger charge is -2.18. The first-order valence-electron chi connectivity index (χ1n) is 6.15. The second-order valence-electron chi connectivity index (χ2n) is 4.56. The molecule has 0 radical (unpaired) electrons. The van der Waals surface area contributed by atoms with Gasteiger partial charge in [-0.2, -0.15) is 0 Å². The van der Waals surface area contributed by atoms with Crippen LogP contribution in [0.15, 0.2) is 40.6 Å². The minimum absolute atomic E-state index is 0.0601. The SMILES string of the molecule is Cc1ccc(S)cc1C(=O)N(C)CCc1cccs1. The molecule has 2 aromatic rings. The molecular weight excluding hydrogens is 274 g/mol. The van der Waals surface area contributed by atoms with Crippen LogP contribution in [0.1, 0.15) is 20.8 Å². The predicted molar refractivity (Wildman–Crippen MR) is 83.4 cm³/mol. The van der Waals surface area contributed by atoms with Crippen molar-refractivity contribution in [3.8, 4) is 0 Å². The van der Waals surface area contributed by atoms with Crippen LogP contribution >= 0.6 is 24.0 Å². The van der Waals surface area contributed by atoms with E-state index in [0.29, 0.717) is 0 Å². The van der Waals surface area contributed by atoms with Crippen molar-refractivity contribution in [3.63, 3.8) is 0 Å². The van der Waals surface area contributed by atoms with Gasteiger partial charge in [0.15, 0.2) is 0 Å². The molecule has 0 fully saturated rings. The molecule has 0 saturated carbocycles. The second-order valence-corrected chi connectivity index (χ2v) is 6.10. The Hall–Kier alpha value is -1.26. The van der Waals surface area contributed by atoms with E-state index in [1.54, 1.807) is 16.2 Å². The molecule has 100 valence electrons. The van der Waals surface area contributed by atoms with Crippen LogP contribution in [0.3, 0.4) is 0 Å². The molecule has 0 aliphatic heterocycles. The Morgan fingerprint density at radius 2 is 2.16 bits per heavy atom. The Morgan fingerprint density at radius 1 is 1.37 bits per heavy atom. The Morgan fingerprint density at radius 3 is 2.84 bits per heavy atom. The van der Waals surface area contributed by atoms with Crippen molar-refractivity contribution in [2.24, 2.45) is 0 Å². The summed E-state index contributed by atoms with van der Waals surface area (Å²) >= 11 is 6.02. The summed E-state index contributed by atoms with van der Waals surface area (Å²) in [5, 5.41) is 2.06. The largest absolute Gasteiger partial charge is 0.341 e. The molecule has 4 heteroatoms. The first-order chi connectivity index (χ1) is 9.08. The number of aryl methyl sites for hydroxylation is 1. The normalized spacial score (nSPS) is 10.5. The van der Waals surface area contributed by atoms with Crippen molar-refractivity contribution in [3.05, 3.63) is 51.7 Å². The summed E-state index contributed by atoms with van der Waals surface area (Å²) in [6.07, 6.45) is 0.902. The molecule has 19 heavy (non-hydrogen) atoms. The van der Waals surface area contributed by atoms with Crippen molar-refractivity contribution in [2.75, 3.05) is 13.6 Å². The van der Waals surface area contributed by atoms with Gasteiger partial charge < -0.3 is 4.90 Å². The number of hydrogen-bond donors (Lipinski definition) is 1. The molecule has 2 nitrogen and oxygen atoms in total. The van der Waals surface area contributed by atoms with E-state index in [2.05, 4.69) is 24.1 Å². The first-order valence-corrected chi connectivity index (χ1v) is 7.48. The van der Waals surface area contributed by atoms with Crippen LogP contribution in [-0.2, 0) is 6.42 Å². The Balaban J connectivity index is 2.04. The molecule has 1 heterocycles. The van der Waals surface area contributed by atoms with Gasteiger partial charge in [0, 0.05) is 28.9 Å². The maximum Gasteiger partial charge on any atom is 0.253 e. The second kappa shape index (κ2) is 6.26. The lowest BCUT2D eigenvalue weighted by Crippen LogP contribution is -2.29. The van der Waals surface area contributed by atoms with Gasteiger partial charge in [0.2, 0.25) is 0 Å². The minimum atomic E-state index is 0.0601. The summed E-state index contributed by atoms with van der Waals surface area (Å²) in [5.41, 5.74) is 1.73. The fourth-order valence-corrected chi connectivity index (χ4v) is 2.78. The molecule has 1 amide bonds. The van der Waals surface area contributed by atoms with Crippen LogP contribution in [0.25, 0.3) is 0 Å². The fourth-order valence-electron chi connectivity index (χ4n) is 1.88. The maximum atomic E-state index is 12.4. The third kappa shape index (κ3) is 3.61. The number of nitrogens with zero attached hydrogens (tertiary/aromatic N) is 1. The number of thiophene rings is 1. The molecule has 0 aliphatic carbocycles. The highest BCUT2D eigenvalue weighted by Crippen LogP contribution is 2.16. The summed E-state index contributed by atoms with van der Waals surface area (Å²) in [6.45, 7) is 2.68. The lowest BCUT2D eigenvalue weighted by molar-refractivity contribution is 0.0796. The summed E-state index contributed by atoms with van der Waals surface area (Å²) in [4.78, 5) is 16.3. The number of hydrogen-bond acceptors (Lipinski definition) is 3. The van der Waals surface area contributed by atoms with Gasteiger partial charge in [0.1, 0.15) is 0 Å². The molecule has 0 N–H and O–H groups in total. The van der Waals surface area contributed by atoms with Crippen LogP contribution < -0.4 is 0 Å². The van der Waals surface area contributed by atoms with Crippen LogP contribution in [0, 0.1) is 6.92 Å². The third-order valence-corrected chi connectivity index (χ3v) is 4.29. The van der Waals surface area contributed by atoms with Gasteiger partial charge in [0.25, 0.3) is 5.91 Å². The number of carbonyl (C=O) groups is 1. The summed E-state index contributed by atoms with van der Waals surface area (Å²) < 4.78 is 0. The monoisotopic (exact) mass is 291 g/mol. The molecule has 2 rings (SSSR count). The molecule has 1 aromatic carbocycles. The number of amides is 1. The van der Waals surface area contributed by atoms with Crippen molar-refractivity contribution in [2.45, 2.75) is 18.2 Å². The van der Waals surface area contributed by atoms with Gasteiger partial charge in [-0.25, -0.2) is 0 Å². The predicted octanol–water partition coefficient (Wildman–Crippen LogP) is 3.66. The zero-order valence-corrected chi connectivity index (χ0v) is 12.8. The van der Waals surface area contributed by atoms with Crippen molar-refractivity contribution < 1.29 is 4.79 Å². The average molecular weight is 291 g/mol. The number of likely N-dealkylation sites (N-methyl/N-ethyl adjacent to an activating group) is 1. The van der Waals surface area contributed by atoms with E-state index in [1.165, 1.54) is 4.88 Å². The van der Waals surface area contributed by atoms with Crippen LogP contribution in [0.4, 0.5) is 0 Å². The van der Waals surface area contributed by atoms with Crippen LogP contribution in [0.2, 0.25) is 0 Å². The molecule has 1 aromatic heterocycles. The number of thiol groups is 1. The summed E-state index contributed by atoms with van der Waals surface area (Å²) in [7, 11) is 1.85. The van der Waals surface area contributed by atoms with Gasteiger partial charge in [0.05, 0.1) is 0 Å². The molecular formula is C15H17NOS2. The molecule has 0 aliphatic rings. The molecule has 0 spiro atoms. The Labute approximate surface area is 123 Å². The van der Waals surface area contributed by atoms with E-state index < -0.39 is 0 Å². The van der Waals surface area contributed by atoms with E-state index in [1.807, 2.05) is 38.2 Å². The quantitative estimate of drug-likeness (QED) is 0.852. The van der Waals surface area contributed by atoms with E-state index >= 15 is 0 Å². The molecule has 0 saturated heterocycles. The van der Waals surface area contributed by atoms with Gasteiger partial charge in [-0.3, -0.25) is 4.79 Å². The van der Waals surface area contributed by atoms with Gasteiger partial charge in [-0.1, -0.05) is 12.1 Å². The van der Waals surface area contributed by atoms with Crippen molar-refractivity contribution in [1.82, 2.24) is 4.90 Å². The summed E-state index contributed by atoms with van der Waals surface area (Å²) in [5.74, 6) is 0.0601. The van der Waals surface area contributed by atoms with E-state index in [0.717, 1.165) is 29.0 Å². The minimum Gasteiger partial charge on any atom is -0.341 e. The molecule has 0 unspecified atom stereocenters. The Kier molecular flexibility index (Phi) is 4.66. The number of rotatable bonds is 4. The van der Waals surface area contributed by atoms with Gasteiger partial charge >= 0.3 is 0 Å². The highest BCUT2D eigenvalue weighted by Gasteiger charge is 2.14. The fraction of sp³-hybridized carbons (Fsp3) is 0.267. The summed E-state index contributed by atoms with van der Waals surface area (Å²) in [6, 6.07) is 9.81. The van der Waals surface area contributed by atoms with E-state index in [9.17, 15) is 4.79 Å². The standard InChI is InChI=1S/C15H17NOS2/c1-11-5-6-12(18)10-14(11)15(17)16(2)8-7-13-4-3-9-19-13/h3-6,9-10,18H,7-8H2,1-2H3. The zero-order valence-electron chi connectivity index (χ0n) is 11.1.